The highest BCUT2D eigenvalue weighted by Gasteiger charge is 2.20. The standard InChI is InChI=1S/C15H24N2/c1-3-13-7-6-10-17(11-13)15-9-5-4-8-14(15)12(2)16/h4-5,8-9,12-13H,3,6-7,10-11,16H2,1-2H3/t12-,13?/m1/s1. The quantitative estimate of drug-likeness (QED) is 0.866. The number of nitrogens with zero attached hydrogens (tertiary/aromatic N) is 1. The van der Waals surface area contributed by atoms with Gasteiger partial charge in [-0.1, -0.05) is 31.5 Å². The van der Waals surface area contributed by atoms with E-state index >= 15 is 0 Å². The van der Waals surface area contributed by atoms with Gasteiger partial charge in [0, 0.05) is 24.8 Å². The number of nitrogens with two attached hydrogens (primary N) is 1. The van der Waals surface area contributed by atoms with Crippen LogP contribution in [0, 0.1) is 5.92 Å². The molecule has 1 aliphatic rings. The molecule has 2 nitrogen and oxygen atoms in total. The number of rotatable bonds is 3. The zero-order chi connectivity index (χ0) is 12.3. The third-order valence-corrected chi connectivity index (χ3v) is 3.86. The summed E-state index contributed by atoms with van der Waals surface area (Å²) in [5.74, 6) is 0.852. The molecule has 1 fully saturated rings. The molecule has 2 N–H and O–H groups in total. The summed E-state index contributed by atoms with van der Waals surface area (Å²) in [6, 6.07) is 8.71. The fourth-order valence-corrected chi connectivity index (χ4v) is 2.78. The number of benzene rings is 1. The van der Waals surface area contributed by atoms with E-state index in [2.05, 4.69) is 43.0 Å². The van der Waals surface area contributed by atoms with Crippen LogP contribution in [0.2, 0.25) is 0 Å². The Morgan fingerprint density at radius 3 is 2.88 bits per heavy atom. The van der Waals surface area contributed by atoms with Crippen molar-refractivity contribution in [2.45, 2.75) is 39.2 Å². The Morgan fingerprint density at radius 2 is 2.18 bits per heavy atom. The summed E-state index contributed by atoms with van der Waals surface area (Å²) in [5.41, 5.74) is 8.69. The van der Waals surface area contributed by atoms with E-state index in [0.717, 1.165) is 5.92 Å². The second kappa shape index (κ2) is 5.54. The van der Waals surface area contributed by atoms with Crippen molar-refractivity contribution in [1.82, 2.24) is 0 Å². The van der Waals surface area contributed by atoms with Gasteiger partial charge in [0.2, 0.25) is 0 Å². The fraction of sp³-hybridized carbons (Fsp3) is 0.600. The van der Waals surface area contributed by atoms with Crippen molar-refractivity contribution in [3.8, 4) is 0 Å². The maximum Gasteiger partial charge on any atom is 0.0414 e. The second-order valence-electron chi connectivity index (χ2n) is 5.21. The third kappa shape index (κ3) is 2.81. The van der Waals surface area contributed by atoms with Crippen molar-refractivity contribution >= 4 is 5.69 Å². The maximum atomic E-state index is 6.06. The van der Waals surface area contributed by atoms with Gasteiger partial charge in [0.25, 0.3) is 0 Å². The van der Waals surface area contributed by atoms with Gasteiger partial charge in [0.1, 0.15) is 0 Å². The van der Waals surface area contributed by atoms with Crippen LogP contribution in [0.5, 0.6) is 0 Å². The molecule has 0 aliphatic carbocycles. The zero-order valence-electron chi connectivity index (χ0n) is 11.0. The van der Waals surface area contributed by atoms with E-state index in [1.54, 1.807) is 0 Å². The van der Waals surface area contributed by atoms with E-state index in [1.807, 2.05) is 0 Å². The van der Waals surface area contributed by atoms with Gasteiger partial charge in [0.15, 0.2) is 0 Å². The first-order valence-corrected chi connectivity index (χ1v) is 6.81. The Kier molecular flexibility index (Phi) is 4.06. The molecule has 1 aromatic carbocycles. The molecular weight excluding hydrogens is 208 g/mol. The zero-order valence-corrected chi connectivity index (χ0v) is 11.0. The van der Waals surface area contributed by atoms with Gasteiger partial charge in [0.05, 0.1) is 0 Å². The SMILES string of the molecule is CCC1CCCN(c2ccccc2[C@@H](C)N)C1. The van der Waals surface area contributed by atoms with Crippen LogP contribution >= 0.6 is 0 Å². The molecule has 0 amide bonds. The number of hydrogen-bond acceptors (Lipinski definition) is 2. The van der Waals surface area contributed by atoms with Gasteiger partial charge in [-0.15, -0.1) is 0 Å². The molecular formula is C15H24N2. The summed E-state index contributed by atoms with van der Waals surface area (Å²) < 4.78 is 0. The first-order valence-electron chi connectivity index (χ1n) is 6.81. The number of para-hydroxylation sites is 1. The monoisotopic (exact) mass is 232 g/mol. The van der Waals surface area contributed by atoms with Gasteiger partial charge >= 0.3 is 0 Å². The molecule has 0 saturated carbocycles. The predicted molar refractivity (Wildman–Crippen MR) is 74.3 cm³/mol. The van der Waals surface area contributed by atoms with Crippen LogP contribution in [0.15, 0.2) is 24.3 Å². The molecule has 2 heteroatoms. The molecule has 94 valence electrons. The summed E-state index contributed by atoms with van der Waals surface area (Å²) in [6.07, 6.45) is 3.98. The summed E-state index contributed by atoms with van der Waals surface area (Å²) in [7, 11) is 0. The van der Waals surface area contributed by atoms with Crippen molar-refractivity contribution in [3.63, 3.8) is 0 Å². The lowest BCUT2D eigenvalue weighted by atomic mass is 9.94. The van der Waals surface area contributed by atoms with Gasteiger partial charge in [-0.25, -0.2) is 0 Å². The molecule has 1 aromatic rings. The molecule has 1 heterocycles. The molecule has 17 heavy (non-hydrogen) atoms. The smallest absolute Gasteiger partial charge is 0.0414 e. The molecule has 1 saturated heterocycles. The Morgan fingerprint density at radius 1 is 1.41 bits per heavy atom. The maximum absolute atomic E-state index is 6.06. The van der Waals surface area contributed by atoms with E-state index in [1.165, 1.54) is 43.6 Å². The summed E-state index contributed by atoms with van der Waals surface area (Å²) in [4.78, 5) is 2.52. The van der Waals surface area contributed by atoms with Crippen LogP contribution in [0.1, 0.15) is 44.7 Å². The van der Waals surface area contributed by atoms with Crippen molar-refractivity contribution in [3.05, 3.63) is 29.8 Å². The van der Waals surface area contributed by atoms with Crippen molar-refractivity contribution < 1.29 is 0 Å². The summed E-state index contributed by atoms with van der Waals surface area (Å²) >= 11 is 0. The van der Waals surface area contributed by atoms with Crippen molar-refractivity contribution in [1.29, 1.82) is 0 Å². The van der Waals surface area contributed by atoms with Gasteiger partial charge in [-0.05, 0) is 37.3 Å². The number of anilines is 1. The van der Waals surface area contributed by atoms with Gasteiger partial charge in [-0.2, -0.15) is 0 Å². The Hall–Kier alpha value is -1.02. The van der Waals surface area contributed by atoms with Crippen LogP contribution in [-0.2, 0) is 0 Å². The normalized spacial score (nSPS) is 22.5. The highest BCUT2D eigenvalue weighted by Crippen LogP contribution is 2.29. The van der Waals surface area contributed by atoms with Crippen LogP contribution in [0.4, 0.5) is 5.69 Å². The van der Waals surface area contributed by atoms with Crippen molar-refractivity contribution in [2.75, 3.05) is 18.0 Å². The van der Waals surface area contributed by atoms with E-state index < -0.39 is 0 Å². The molecule has 0 spiro atoms. The largest absolute Gasteiger partial charge is 0.371 e. The first-order chi connectivity index (χ1) is 8.22. The van der Waals surface area contributed by atoms with E-state index in [4.69, 9.17) is 5.73 Å². The van der Waals surface area contributed by atoms with Crippen LogP contribution in [0.25, 0.3) is 0 Å². The lowest BCUT2D eigenvalue weighted by molar-refractivity contribution is 0.404. The molecule has 0 aromatic heterocycles. The van der Waals surface area contributed by atoms with E-state index in [9.17, 15) is 0 Å². The van der Waals surface area contributed by atoms with E-state index in [-0.39, 0.29) is 6.04 Å². The average molecular weight is 232 g/mol. The second-order valence-corrected chi connectivity index (χ2v) is 5.21. The molecule has 0 radical (unpaired) electrons. The van der Waals surface area contributed by atoms with Gasteiger partial charge < -0.3 is 10.6 Å². The van der Waals surface area contributed by atoms with Crippen LogP contribution < -0.4 is 10.6 Å². The lowest BCUT2D eigenvalue weighted by Gasteiger charge is -2.35. The van der Waals surface area contributed by atoms with E-state index in [0.29, 0.717) is 0 Å². The molecule has 0 bridgehead atoms. The average Bonchev–Trinajstić information content (AvgIpc) is 2.39. The molecule has 1 aliphatic heterocycles. The Labute approximate surface area is 105 Å². The minimum Gasteiger partial charge on any atom is -0.371 e. The highest BCUT2D eigenvalue weighted by molar-refractivity contribution is 5.55. The third-order valence-electron chi connectivity index (χ3n) is 3.86. The summed E-state index contributed by atoms with van der Waals surface area (Å²) in [6.45, 7) is 6.74. The predicted octanol–water partition coefficient (Wildman–Crippen LogP) is 3.33. The van der Waals surface area contributed by atoms with Gasteiger partial charge in [-0.3, -0.25) is 0 Å². The number of hydrogen-bond donors (Lipinski definition) is 1. The van der Waals surface area contributed by atoms with Crippen LogP contribution in [-0.4, -0.2) is 13.1 Å². The van der Waals surface area contributed by atoms with Crippen LogP contribution in [0.3, 0.4) is 0 Å². The van der Waals surface area contributed by atoms with Crippen molar-refractivity contribution in [2.24, 2.45) is 11.7 Å². The lowest BCUT2D eigenvalue weighted by Crippen LogP contribution is -2.36. The first kappa shape index (κ1) is 12.4. The minimum absolute atomic E-state index is 0.119. The number of piperidine rings is 1. The Balaban J connectivity index is 2.21. The Bertz CT molecular complexity index is 360. The highest BCUT2D eigenvalue weighted by atomic mass is 15.1. The molecule has 2 atom stereocenters. The molecule has 1 unspecified atom stereocenters. The minimum atomic E-state index is 0.119. The summed E-state index contributed by atoms with van der Waals surface area (Å²) in [5, 5.41) is 0. The molecule has 2 rings (SSSR count). The fourth-order valence-electron chi connectivity index (χ4n) is 2.78. The topological polar surface area (TPSA) is 29.3 Å².